The fourth-order valence-corrected chi connectivity index (χ4v) is 0.911. The Morgan fingerprint density at radius 2 is 1.94 bits per heavy atom. The van der Waals surface area contributed by atoms with Gasteiger partial charge in [0.15, 0.2) is 0 Å². The summed E-state index contributed by atoms with van der Waals surface area (Å²) in [5, 5.41) is 0. The standard InChI is InChI=1S/C11H17F3N2O/c1-5-6-7-10(11(12,13)14)16-8(2)9(3)17-15-4/h6-7,15H,5H2,1-4H3/b7-6-,9-8+,16-10+. The molecule has 17 heavy (non-hydrogen) atoms. The van der Waals surface area contributed by atoms with Crippen LogP contribution in [0.5, 0.6) is 0 Å². The Hall–Kier alpha value is -1.30. The van der Waals surface area contributed by atoms with Crippen LogP contribution in [0.3, 0.4) is 0 Å². The second-order valence-electron chi connectivity index (χ2n) is 3.25. The van der Waals surface area contributed by atoms with Crippen LogP contribution >= 0.6 is 0 Å². The molecule has 3 nitrogen and oxygen atoms in total. The van der Waals surface area contributed by atoms with Gasteiger partial charge < -0.3 is 4.84 Å². The fourth-order valence-electron chi connectivity index (χ4n) is 0.911. The highest BCUT2D eigenvalue weighted by Gasteiger charge is 2.33. The molecule has 98 valence electrons. The summed E-state index contributed by atoms with van der Waals surface area (Å²) in [6.45, 7) is 4.74. The summed E-state index contributed by atoms with van der Waals surface area (Å²) in [4.78, 5) is 8.38. The molecule has 1 N–H and O–H groups in total. The smallest absolute Gasteiger partial charge is 0.412 e. The molecule has 0 aromatic heterocycles. The molecule has 0 fully saturated rings. The van der Waals surface area contributed by atoms with Gasteiger partial charge >= 0.3 is 6.18 Å². The molecule has 0 aromatic rings. The third kappa shape index (κ3) is 6.11. The minimum absolute atomic E-state index is 0.174. The molecular weight excluding hydrogens is 233 g/mol. The summed E-state index contributed by atoms with van der Waals surface area (Å²) in [5.41, 5.74) is 1.62. The number of nitrogens with zero attached hydrogens (tertiary/aromatic N) is 1. The predicted octanol–water partition coefficient (Wildman–Crippen LogP) is 3.36. The van der Waals surface area contributed by atoms with E-state index in [1.807, 2.05) is 0 Å². The van der Waals surface area contributed by atoms with Gasteiger partial charge in [-0.15, -0.1) is 0 Å². The molecule has 0 aliphatic heterocycles. The van der Waals surface area contributed by atoms with Gasteiger partial charge in [-0.25, -0.2) is 4.99 Å². The van der Waals surface area contributed by atoms with Crippen molar-refractivity contribution in [1.29, 1.82) is 0 Å². The lowest BCUT2D eigenvalue weighted by Gasteiger charge is -2.09. The Bertz CT molecular complexity index is 330. The molecule has 0 rings (SSSR count). The van der Waals surface area contributed by atoms with E-state index in [0.29, 0.717) is 12.2 Å². The molecule has 0 aliphatic rings. The first-order chi connectivity index (χ1) is 7.82. The van der Waals surface area contributed by atoms with Crippen molar-refractivity contribution in [3.05, 3.63) is 23.6 Å². The highest BCUT2D eigenvalue weighted by molar-refractivity contribution is 6.00. The number of alkyl halides is 3. The van der Waals surface area contributed by atoms with Gasteiger partial charge in [-0.1, -0.05) is 13.0 Å². The first kappa shape index (κ1) is 15.7. The van der Waals surface area contributed by atoms with Crippen LogP contribution < -0.4 is 5.48 Å². The van der Waals surface area contributed by atoms with Gasteiger partial charge in [-0.3, -0.25) is 0 Å². The molecule has 0 amide bonds. The number of hydrogen-bond acceptors (Lipinski definition) is 3. The van der Waals surface area contributed by atoms with Crippen LogP contribution in [0.2, 0.25) is 0 Å². The Morgan fingerprint density at radius 1 is 1.35 bits per heavy atom. The van der Waals surface area contributed by atoms with Crippen molar-refractivity contribution < 1.29 is 18.0 Å². The van der Waals surface area contributed by atoms with Crippen LogP contribution in [0, 0.1) is 0 Å². The second-order valence-corrected chi connectivity index (χ2v) is 3.25. The zero-order chi connectivity index (χ0) is 13.5. The number of hydrogen-bond donors (Lipinski definition) is 1. The Balaban J connectivity index is 5.18. The summed E-state index contributed by atoms with van der Waals surface area (Å²) in [6.07, 6.45) is -1.57. The van der Waals surface area contributed by atoms with Crippen molar-refractivity contribution in [3.8, 4) is 0 Å². The number of allylic oxidation sites excluding steroid dienone is 4. The van der Waals surface area contributed by atoms with Gasteiger partial charge in [0.25, 0.3) is 0 Å². The monoisotopic (exact) mass is 250 g/mol. The highest BCUT2D eigenvalue weighted by Crippen LogP contribution is 2.20. The minimum atomic E-state index is -4.47. The Kier molecular flexibility index (Phi) is 6.57. The lowest BCUT2D eigenvalue weighted by atomic mass is 10.3. The maximum absolute atomic E-state index is 12.6. The largest absolute Gasteiger partial charge is 0.433 e. The number of nitrogens with one attached hydrogen (secondary N) is 1. The predicted molar refractivity (Wildman–Crippen MR) is 61.4 cm³/mol. The maximum atomic E-state index is 12.6. The van der Waals surface area contributed by atoms with E-state index in [1.165, 1.54) is 27.0 Å². The van der Waals surface area contributed by atoms with Crippen molar-refractivity contribution in [1.82, 2.24) is 5.48 Å². The van der Waals surface area contributed by atoms with Crippen molar-refractivity contribution in [3.63, 3.8) is 0 Å². The number of hydroxylamine groups is 1. The van der Waals surface area contributed by atoms with E-state index < -0.39 is 11.9 Å². The topological polar surface area (TPSA) is 33.6 Å². The van der Waals surface area contributed by atoms with Crippen LogP contribution in [0.15, 0.2) is 28.6 Å². The zero-order valence-corrected chi connectivity index (χ0v) is 10.4. The highest BCUT2D eigenvalue weighted by atomic mass is 19.4. The second kappa shape index (κ2) is 7.11. The molecule has 0 heterocycles. The molecule has 0 spiro atoms. The summed E-state index contributed by atoms with van der Waals surface area (Å²) in [5.74, 6) is 0.291. The maximum Gasteiger partial charge on any atom is 0.433 e. The summed E-state index contributed by atoms with van der Waals surface area (Å²) in [7, 11) is 1.52. The van der Waals surface area contributed by atoms with Gasteiger partial charge in [0, 0.05) is 7.05 Å². The normalized spacial score (nSPS) is 15.1. The molecule has 0 saturated carbocycles. The van der Waals surface area contributed by atoms with Gasteiger partial charge in [-0.2, -0.15) is 18.7 Å². The van der Waals surface area contributed by atoms with E-state index in [0.717, 1.165) is 6.08 Å². The average Bonchev–Trinajstić information content (AvgIpc) is 2.22. The van der Waals surface area contributed by atoms with Crippen LogP contribution in [0.4, 0.5) is 13.2 Å². The number of rotatable bonds is 5. The van der Waals surface area contributed by atoms with E-state index in [2.05, 4.69) is 10.5 Å². The van der Waals surface area contributed by atoms with Crippen molar-refractivity contribution in [2.45, 2.75) is 33.4 Å². The molecular formula is C11H17F3N2O. The summed E-state index contributed by atoms with van der Waals surface area (Å²) in [6, 6.07) is 0. The van der Waals surface area contributed by atoms with Gasteiger partial charge in [-0.05, 0) is 26.3 Å². The van der Waals surface area contributed by atoms with Crippen LogP contribution in [0.25, 0.3) is 0 Å². The number of aliphatic imine (C=N–C) groups is 1. The van der Waals surface area contributed by atoms with Gasteiger partial charge in [0.1, 0.15) is 11.5 Å². The molecule has 6 heteroatoms. The van der Waals surface area contributed by atoms with E-state index in [-0.39, 0.29) is 5.70 Å². The molecule has 0 saturated heterocycles. The molecule has 0 radical (unpaired) electrons. The first-order valence-corrected chi connectivity index (χ1v) is 5.16. The molecule has 0 aromatic carbocycles. The Morgan fingerprint density at radius 3 is 2.35 bits per heavy atom. The molecule has 0 bridgehead atoms. The fraction of sp³-hybridized carbons (Fsp3) is 0.545. The SMILES string of the molecule is CC\C=C/C(=N\C(C)=C(/C)ONC)C(F)(F)F. The Labute approximate surface area is 99.0 Å². The quantitative estimate of drug-likeness (QED) is 0.461. The van der Waals surface area contributed by atoms with E-state index in [4.69, 9.17) is 4.84 Å². The van der Waals surface area contributed by atoms with Gasteiger partial charge in [0.2, 0.25) is 0 Å². The number of halogens is 3. The molecule has 0 atom stereocenters. The summed E-state index contributed by atoms with van der Waals surface area (Å²) >= 11 is 0. The minimum Gasteiger partial charge on any atom is -0.412 e. The van der Waals surface area contributed by atoms with Crippen LogP contribution in [0.1, 0.15) is 27.2 Å². The average molecular weight is 250 g/mol. The first-order valence-electron chi connectivity index (χ1n) is 5.16. The molecule has 0 aliphatic carbocycles. The van der Waals surface area contributed by atoms with Crippen molar-refractivity contribution in [2.24, 2.45) is 4.99 Å². The summed E-state index contributed by atoms with van der Waals surface area (Å²) < 4.78 is 37.8. The van der Waals surface area contributed by atoms with Crippen molar-refractivity contribution in [2.75, 3.05) is 7.05 Å². The zero-order valence-electron chi connectivity index (χ0n) is 10.4. The van der Waals surface area contributed by atoms with E-state index in [9.17, 15) is 13.2 Å². The lowest BCUT2D eigenvalue weighted by Crippen LogP contribution is -2.21. The van der Waals surface area contributed by atoms with Crippen LogP contribution in [-0.4, -0.2) is 18.9 Å². The van der Waals surface area contributed by atoms with Gasteiger partial charge in [0.05, 0.1) is 5.70 Å². The third-order valence-corrected chi connectivity index (χ3v) is 1.85. The van der Waals surface area contributed by atoms with E-state index in [1.54, 1.807) is 6.92 Å². The molecule has 0 unspecified atom stereocenters. The van der Waals surface area contributed by atoms with E-state index >= 15 is 0 Å². The van der Waals surface area contributed by atoms with Crippen molar-refractivity contribution >= 4 is 5.71 Å². The van der Waals surface area contributed by atoms with Crippen LogP contribution in [-0.2, 0) is 4.84 Å². The lowest BCUT2D eigenvalue weighted by molar-refractivity contribution is -0.0577. The third-order valence-electron chi connectivity index (χ3n) is 1.85.